The second-order valence-electron chi connectivity index (χ2n) is 3.83. The first kappa shape index (κ1) is 12.1. The highest BCUT2D eigenvalue weighted by Gasteiger charge is 2.31. The summed E-state index contributed by atoms with van der Waals surface area (Å²) in [5, 5.41) is 10.00. The fraction of sp³-hybridized carbons (Fsp3) is 0.250. The number of phenols is 1. The number of anilines is 1. The third-order valence-electron chi connectivity index (χ3n) is 2.67. The Hall–Kier alpha value is -1.37. The molecule has 2 rings (SSSR count). The highest BCUT2D eigenvalue weighted by atomic mass is 35.5. The lowest BCUT2D eigenvalue weighted by Crippen LogP contribution is -2.24. The number of carbonyl (C=O) groups excluding carboxylic acids is 1. The molecule has 88 valence electrons. The molecular weight excluding hydrogens is 261 g/mol. The normalized spacial score (nSPS) is 19.5. The van der Waals surface area contributed by atoms with Crippen molar-refractivity contribution in [2.45, 2.75) is 6.42 Å². The van der Waals surface area contributed by atoms with Crippen LogP contribution in [-0.4, -0.2) is 17.6 Å². The zero-order valence-electron chi connectivity index (χ0n) is 8.78. The number of carbonyl (C=O) groups is 1. The van der Waals surface area contributed by atoms with Crippen LogP contribution in [0.2, 0.25) is 10.0 Å². The van der Waals surface area contributed by atoms with E-state index < -0.39 is 0 Å². The summed E-state index contributed by atoms with van der Waals surface area (Å²) in [6, 6.07) is 2.78. The van der Waals surface area contributed by atoms with Gasteiger partial charge >= 0.3 is 0 Å². The van der Waals surface area contributed by atoms with Crippen molar-refractivity contribution in [2.24, 2.45) is 5.92 Å². The molecule has 0 spiro atoms. The van der Waals surface area contributed by atoms with Crippen LogP contribution in [-0.2, 0) is 4.79 Å². The van der Waals surface area contributed by atoms with Gasteiger partial charge in [0.05, 0.1) is 15.7 Å². The molecule has 1 amide bonds. The van der Waals surface area contributed by atoms with E-state index in [-0.39, 0.29) is 22.6 Å². The molecule has 17 heavy (non-hydrogen) atoms. The van der Waals surface area contributed by atoms with E-state index in [4.69, 9.17) is 29.6 Å². The van der Waals surface area contributed by atoms with Gasteiger partial charge in [0.1, 0.15) is 5.75 Å². The van der Waals surface area contributed by atoms with E-state index in [1.807, 2.05) is 0 Å². The highest BCUT2D eigenvalue weighted by Crippen LogP contribution is 2.37. The third-order valence-corrected chi connectivity index (χ3v) is 3.27. The minimum atomic E-state index is -0.114. The predicted octanol–water partition coefficient (Wildman–Crippen LogP) is 2.69. The van der Waals surface area contributed by atoms with Crippen molar-refractivity contribution in [2.75, 3.05) is 11.4 Å². The van der Waals surface area contributed by atoms with Gasteiger partial charge in [-0.05, 0) is 6.07 Å². The Kier molecular flexibility index (Phi) is 3.19. The third kappa shape index (κ3) is 2.19. The molecule has 5 heteroatoms. The Morgan fingerprint density at radius 3 is 2.71 bits per heavy atom. The number of amides is 1. The smallest absolute Gasteiger partial charge is 0.228 e. The number of hydrogen-bond acceptors (Lipinski definition) is 2. The van der Waals surface area contributed by atoms with Gasteiger partial charge in [-0.1, -0.05) is 23.2 Å². The summed E-state index contributed by atoms with van der Waals surface area (Å²) in [6.07, 6.45) is 5.60. The highest BCUT2D eigenvalue weighted by molar-refractivity contribution is 6.37. The summed E-state index contributed by atoms with van der Waals surface area (Å²) in [5.74, 6) is 2.22. The van der Waals surface area contributed by atoms with Crippen LogP contribution in [0.3, 0.4) is 0 Å². The molecule has 1 fully saturated rings. The Morgan fingerprint density at radius 2 is 2.12 bits per heavy atom. The minimum Gasteiger partial charge on any atom is -0.506 e. The molecule has 1 aliphatic rings. The summed E-state index contributed by atoms with van der Waals surface area (Å²) in [5.41, 5.74) is 0.441. The van der Waals surface area contributed by atoms with Gasteiger partial charge in [0.2, 0.25) is 5.91 Å². The molecule has 1 N–H and O–H groups in total. The molecule has 1 aromatic carbocycles. The van der Waals surface area contributed by atoms with Gasteiger partial charge in [0.25, 0.3) is 0 Å². The second kappa shape index (κ2) is 4.48. The van der Waals surface area contributed by atoms with Crippen molar-refractivity contribution < 1.29 is 9.90 Å². The summed E-state index contributed by atoms with van der Waals surface area (Å²) in [4.78, 5) is 13.2. The Bertz CT molecular complexity index is 522. The second-order valence-corrected chi connectivity index (χ2v) is 4.64. The zero-order chi connectivity index (χ0) is 12.6. The Morgan fingerprint density at radius 1 is 1.41 bits per heavy atom. The van der Waals surface area contributed by atoms with Crippen molar-refractivity contribution in [3.8, 4) is 18.1 Å². The van der Waals surface area contributed by atoms with Gasteiger partial charge in [-0.15, -0.1) is 12.3 Å². The molecule has 0 bridgehead atoms. The fourth-order valence-electron chi connectivity index (χ4n) is 1.79. The SMILES string of the molecule is C#CC1CC(=O)N(c2cc(O)c(Cl)cc2Cl)C1. The number of aromatic hydroxyl groups is 1. The van der Waals surface area contributed by atoms with Crippen LogP contribution in [0, 0.1) is 18.3 Å². The van der Waals surface area contributed by atoms with Crippen molar-refractivity contribution in [1.29, 1.82) is 0 Å². The number of phenolic OH excluding ortho intramolecular Hbond substituents is 1. The summed E-state index contributed by atoms with van der Waals surface area (Å²) < 4.78 is 0. The van der Waals surface area contributed by atoms with Gasteiger partial charge in [0.15, 0.2) is 0 Å². The zero-order valence-corrected chi connectivity index (χ0v) is 10.3. The lowest BCUT2D eigenvalue weighted by molar-refractivity contribution is -0.117. The van der Waals surface area contributed by atoms with E-state index in [0.29, 0.717) is 23.7 Å². The standard InChI is InChI=1S/C12H9Cl2NO2/c1-2-7-3-12(17)15(6-7)10-5-11(16)9(14)4-8(10)13/h1,4-5,7,16H,3,6H2. The quantitative estimate of drug-likeness (QED) is 0.797. The topological polar surface area (TPSA) is 40.5 Å². The van der Waals surface area contributed by atoms with Gasteiger partial charge in [-0.3, -0.25) is 4.79 Å². The molecule has 1 atom stereocenters. The first-order chi connectivity index (χ1) is 8.02. The number of rotatable bonds is 1. The number of hydrogen-bond donors (Lipinski definition) is 1. The molecule has 0 aliphatic carbocycles. The van der Waals surface area contributed by atoms with Crippen LogP contribution in [0.1, 0.15) is 6.42 Å². The van der Waals surface area contributed by atoms with E-state index in [1.54, 1.807) is 0 Å². The van der Waals surface area contributed by atoms with Gasteiger partial charge in [-0.25, -0.2) is 0 Å². The van der Waals surface area contributed by atoms with Crippen molar-refractivity contribution in [1.82, 2.24) is 0 Å². The first-order valence-electron chi connectivity index (χ1n) is 4.97. The van der Waals surface area contributed by atoms with Gasteiger partial charge in [-0.2, -0.15) is 0 Å². The maximum Gasteiger partial charge on any atom is 0.228 e. The average Bonchev–Trinajstić information content (AvgIpc) is 2.65. The van der Waals surface area contributed by atoms with E-state index >= 15 is 0 Å². The number of terminal acetylenes is 1. The average molecular weight is 270 g/mol. The summed E-state index contributed by atoms with van der Waals surface area (Å²) in [6.45, 7) is 0.413. The molecule has 1 aliphatic heterocycles. The maximum atomic E-state index is 11.7. The molecule has 1 aromatic rings. The predicted molar refractivity (Wildman–Crippen MR) is 67.4 cm³/mol. The van der Waals surface area contributed by atoms with Crippen LogP contribution < -0.4 is 4.90 Å². The molecule has 0 saturated carbocycles. The van der Waals surface area contributed by atoms with Crippen molar-refractivity contribution >= 4 is 34.8 Å². The van der Waals surface area contributed by atoms with E-state index in [1.165, 1.54) is 17.0 Å². The number of benzene rings is 1. The van der Waals surface area contributed by atoms with Crippen molar-refractivity contribution in [3.63, 3.8) is 0 Å². The van der Waals surface area contributed by atoms with Gasteiger partial charge in [0, 0.05) is 24.9 Å². The summed E-state index contributed by atoms with van der Waals surface area (Å²) in [7, 11) is 0. The van der Waals surface area contributed by atoms with E-state index in [9.17, 15) is 9.90 Å². The molecule has 1 unspecified atom stereocenters. The number of nitrogens with zero attached hydrogens (tertiary/aromatic N) is 1. The molecule has 1 saturated heterocycles. The van der Waals surface area contributed by atoms with Crippen LogP contribution in [0.25, 0.3) is 0 Å². The Balaban J connectivity index is 2.39. The fourth-order valence-corrected chi connectivity index (χ4v) is 2.27. The van der Waals surface area contributed by atoms with Gasteiger partial charge < -0.3 is 10.0 Å². The molecular formula is C12H9Cl2NO2. The Labute approximate surface area is 109 Å². The van der Waals surface area contributed by atoms with Crippen molar-refractivity contribution in [3.05, 3.63) is 22.2 Å². The maximum absolute atomic E-state index is 11.7. The number of halogens is 2. The molecule has 3 nitrogen and oxygen atoms in total. The largest absolute Gasteiger partial charge is 0.506 e. The minimum absolute atomic E-state index is 0.100. The van der Waals surface area contributed by atoms with Crippen LogP contribution in [0.5, 0.6) is 5.75 Å². The van der Waals surface area contributed by atoms with Crippen LogP contribution >= 0.6 is 23.2 Å². The van der Waals surface area contributed by atoms with Crippen LogP contribution in [0.15, 0.2) is 12.1 Å². The molecule has 0 radical (unpaired) electrons. The monoisotopic (exact) mass is 269 g/mol. The summed E-state index contributed by atoms with van der Waals surface area (Å²) >= 11 is 11.7. The lowest BCUT2D eigenvalue weighted by Gasteiger charge is -2.18. The molecule has 0 aromatic heterocycles. The lowest BCUT2D eigenvalue weighted by atomic mass is 10.1. The van der Waals surface area contributed by atoms with Crippen LogP contribution in [0.4, 0.5) is 5.69 Å². The first-order valence-corrected chi connectivity index (χ1v) is 5.73. The van der Waals surface area contributed by atoms with E-state index in [2.05, 4.69) is 5.92 Å². The molecule has 1 heterocycles. The van der Waals surface area contributed by atoms with E-state index in [0.717, 1.165) is 0 Å².